The fourth-order valence-electron chi connectivity index (χ4n) is 2.63. The van der Waals surface area contributed by atoms with Crippen LogP contribution in [0.2, 0.25) is 0 Å². The zero-order valence-corrected chi connectivity index (χ0v) is 16.8. The van der Waals surface area contributed by atoms with Crippen LogP contribution in [0.3, 0.4) is 0 Å². The number of carbonyl (C=O) groups excluding carboxylic acids is 2. The zero-order chi connectivity index (χ0) is 20.5. The van der Waals surface area contributed by atoms with E-state index in [1.165, 1.54) is 0 Å². The summed E-state index contributed by atoms with van der Waals surface area (Å²) in [5, 5.41) is 2.78. The minimum absolute atomic E-state index is 0.172. The van der Waals surface area contributed by atoms with Gasteiger partial charge in [-0.3, -0.25) is 9.59 Å². The van der Waals surface area contributed by atoms with Gasteiger partial charge in [0.1, 0.15) is 0 Å². The van der Waals surface area contributed by atoms with Crippen LogP contribution in [0.25, 0.3) is 0 Å². The highest BCUT2D eigenvalue weighted by Gasteiger charge is 2.17. The standard InChI is InChI=1S/C22H27NO5/c1-15-5-7-18(8-6-15)14-23-22(25)16(2)28-21(24)12-10-17-9-11-19(26-3)20(13-17)27-4/h5-9,11,13,16H,10,12,14H2,1-4H3,(H,23,25)/t16-/m1/s1. The maximum Gasteiger partial charge on any atom is 0.306 e. The molecule has 0 aliphatic heterocycles. The largest absolute Gasteiger partial charge is 0.493 e. The summed E-state index contributed by atoms with van der Waals surface area (Å²) < 4.78 is 15.7. The Morgan fingerprint density at radius 2 is 1.61 bits per heavy atom. The van der Waals surface area contributed by atoms with Crippen LogP contribution in [0.4, 0.5) is 0 Å². The van der Waals surface area contributed by atoms with Gasteiger partial charge in [0.2, 0.25) is 0 Å². The molecule has 0 bridgehead atoms. The van der Waals surface area contributed by atoms with Gasteiger partial charge >= 0.3 is 5.97 Å². The third-order valence-electron chi connectivity index (χ3n) is 4.33. The molecular weight excluding hydrogens is 358 g/mol. The molecule has 2 aromatic carbocycles. The summed E-state index contributed by atoms with van der Waals surface area (Å²) in [7, 11) is 3.13. The molecule has 6 nitrogen and oxygen atoms in total. The number of esters is 1. The highest BCUT2D eigenvalue weighted by molar-refractivity contribution is 5.83. The number of carbonyl (C=O) groups is 2. The molecule has 6 heteroatoms. The van der Waals surface area contributed by atoms with Crippen LogP contribution in [-0.2, 0) is 27.3 Å². The van der Waals surface area contributed by atoms with Crippen molar-refractivity contribution in [2.24, 2.45) is 0 Å². The average Bonchev–Trinajstić information content (AvgIpc) is 2.71. The van der Waals surface area contributed by atoms with Gasteiger partial charge < -0.3 is 19.5 Å². The van der Waals surface area contributed by atoms with Crippen LogP contribution in [0, 0.1) is 6.92 Å². The highest BCUT2D eigenvalue weighted by Crippen LogP contribution is 2.28. The Hall–Kier alpha value is -3.02. The van der Waals surface area contributed by atoms with E-state index >= 15 is 0 Å². The second-order valence-corrected chi connectivity index (χ2v) is 6.52. The SMILES string of the molecule is COc1ccc(CCC(=O)O[C@H](C)C(=O)NCc2ccc(C)cc2)cc1OC. The summed E-state index contributed by atoms with van der Waals surface area (Å²) >= 11 is 0. The van der Waals surface area contributed by atoms with Crippen molar-refractivity contribution in [2.45, 2.75) is 39.3 Å². The number of hydrogen-bond acceptors (Lipinski definition) is 5. The van der Waals surface area contributed by atoms with Crippen LogP contribution in [0.15, 0.2) is 42.5 Å². The molecule has 0 saturated heterocycles. The molecule has 2 rings (SSSR count). The van der Waals surface area contributed by atoms with Gasteiger partial charge in [-0.25, -0.2) is 0 Å². The van der Waals surface area contributed by atoms with Gasteiger partial charge in [-0.2, -0.15) is 0 Å². The number of rotatable bonds is 9. The Kier molecular flexibility index (Phi) is 7.87. The van der Waals surface area contributed by atoms with Crippen molar-refractivity contribution in [1.29, 1.82) is 0 Å². The minimum atomic E-state index is -0.844. The lowest BCUT2D eigenvalue weighted by Gasteiger charge is -2.14. The molecule has 150 valence electrons. The summed E-state index contributed by atoms with van der Waals surface area (Å²) in [6.45, 7) is 3.97. The van der Waals surface area contributed by atoms with Crippen LogP contribution in [-0.4, -0.2) is 32.2 Å². The van der Waals surface area contributed by atoms with Crippen molar-refractivity contribution in [3.05, 3.63) is 59.2 Å². The number of ether oxygens (including phenoxy) is 3. The minimum Gasteiger partial charge on any atom is -0.493 e. The molecule has 1 N–H and O–H groups in total. The lowest BCUT2D eigenvalue weighted by Crippen LogP contribution is -2.35. The predicted octanol–water partition coefficient (Wildman–Crippen LogP) is 3.19. The zero-order valence-electron chi connectivity index (χ0n) is 16.8. The first-order valence-electron chi connectivity index (χ1n) is 9.16. The van der Waals surface area contributed by atoms with Gasteiger partial charge in [0, 0.05) is 13.0 Å². The molecule has 0 heterocycles. The van der Waals surface area contributed by atoms with Gasteiger partial charge in [0.15, 0.2) is 17.6 Å². The summed E-state index contributed by atoms with van der Waals surface area (Å²) in [6, 6.07) is 13.4. The van der Waals surface area contributed by atoms with Gasteiger partial charge in [-0.15, -0.1) is 0 Å². The molecule has 0 fully saturated rings. The molecule has 28 heavy (non-hydrogen) atoms. The van der Waals surface area contributed by atoms with Crippen molar-refractivity contribution in [3.8, 4) is 11.5 Å². The number of hydrogen-bond donors (Lipinski definition) is 1. The van der Waals surface area contributed by atoms with Crippen molar-refractivity contribution in [2.75, 3.05) is 14.2 Å². The van der Waals surface area contributed by atoms with Gasteiger partial charge in [0.25, 0.3) is 5.91 Å². The number of nitrogens with one attached hydrogen (secondary N) is 1. The fourth-order valence-corrected chi connectivity index (χ4v) is 2.63. The molecule has 0 spiro atoms. The topological polar surface area (TPSA) is 73.9 Å². The third-order valence-corrected chi connectivity index (χ3v) is 4.33. The predicted molar refractivity (Wildman–Crippen MR) is 106 cm³/mol. The van der Waals surface area contributed by atoms with Gasteiger partial charge in [-0.05, 0) is 43.5 Å². The molecule has 0 radical (unpaired) electrons. The summed E-state index contributed by atoms with van der Waals surface area (Å²) in [6.07, 6.45) is -0.189. The fraction of sp³-hybridized carbons (Fsp3) is 0.364. The Morgan fingerprint density at radius 3 is 2.25 bits per heavy atom. The first kappa shape index (κ1) is 21.3. The van der Waals surface area contributed by atoms with Crippen molar-refractivity contribution in [1.82, 2.24) is 5.32 Å². The quantitative estimate of drug-likeness (QED) is 0.671. The second kappa shape index (κ2) is 10.3. The Labute approximate surface area is 165 Å². The normalized spacial score (nSPS) is 11.4. The molecular formula is C22H27NO5. The van der Waals surface area contributed by atoms with E-state index in [9.17, 15) is 9.59 Å². The van der Waals surface area contributed by atoms with Crippen LogP contribution in [0.1, 0.15) is 30.0 Å². The van der Waals surface area contributed by atoms with E-state index in [0.717, 1.165) is 16.7 Å². The highest BCUT2D eigenvalue weighted by atomic mass is 16.5. The third kappa shape index (κ3) is 6.30. The molecule has 1 atom stereocenters. The van der Waals surface area contributed by atoms with Crippen LogP contribution < -0.4 is 14.8 Å². The summed E-state index contributed by atoms with van der Waals surface area (Å²) in [4.78, 5) is 24.2. The lowest BCUT2D eigenvalue weighted by atomic mass is 10.1. The molecule has 2 aromatic rings. The second-order valence-electron chi connectivity index (χ2n) is 6.52. The molecule has 1 amide bonds. The maximum absolute atomic E-state index is 12.1. The van der Waals surface area contributed by atoms with Gasteiger partial charge in [0.05, 0.1) is 14.2 Å². The summed E-state index contributed by atoms with van der Waals surface area (Å²) in [5.74, 6) is 0.498. The number of benzene rings is 2. The van der Waals surface area contributed by atoms with Crippen LogP contribution in [0.5, 0.6) is 11.5 Å². The first-order chi connectivity index (χ1) is 13.4. The molecule has 0 aliphatic rings. The number of amides is 1. The Morgan fingerprint density at radius 1 is 0.964 bits per heavy atom. The van der Waals surface area contributed by atoms with E-state index in [4.69, 9.17) is 14.2 Å². The van der Waals surface area contributed by atoms with Crippen molar-refractivity contribution < 1.29 is 23.8 Å². The van der Waals surface area contributed by atoms with E-state index < -0.39 is 12.1 Å². The van der Waals surface area contributed by atoms with E-state index in [1.54, 1.807) is 27.2 Å². The lowest BCUT2D eigenvalue weighted by molar-refractivity contribution is -0.154. The van der Waals surface area contributed by atoms with E-state index in [1.807, 2.05) is 43.3 Å². The van der Waals surface area contributed by atoms with Crippen LogP contribution >= 0.6 is 0 Å². The maximum atomic E-state index is 12.1. The van der Waals surface area contributed by atoms with Crippen molar-refractivity contribution >= 4 is 11.9 Å². The monoisotopic (exact) mass is 385 g/mol. The molecule has 0 aromatic heterocycles. The molecule has 0 unspecified atom stereocenters. The van der Waals surface area contributed by atoms with E-state index in [-0.39, 0.29) is 12.3 Å². The van der Waals surface area contributed by atoms with E-state index in [2.05, 4.69) is 5.32 Å². The average molecular weight is 385 g/mol. The smallest absolute Gasteiger partial charge is 0.306 e. The van der Waals surface area contributed by atoms with Crippen molar-refractivity contribution in [3.63, 3.8) is 0 Å². The van der Waals surface area contributed by atoms with Gasteiger partial charge in [-0.1, -0.05) is 35.9 Å². The van der Waals surface area contributed by atoms with E-state index in [0.29, 0.717) is 24.5 Å². The number of aryl methyl sites for hydroxylation is 2. The molecule has 0 saturated carbocycles. The number of methoxy groups -OCH3 is 2. The molecule has 0 aliphatic carbocycles. The summed E-state index contributed by atoms with van der Waals surface area (Å²) in [5.41, 5.74) is 3.07. The Bertz CT molecular complexity index is 801. The first-order valence-corrected chi connectivity index (χ1v) is 9.16. The Balaban J connectivity index is 1.78.